The van der Waals surface area contributed by atoms with Crippen LogP contribution in [0, 0.1) is 5.92 Å². The van der Waals surface area contributed by atoms with Crippen LogP contribution in [0.5, 0.6) is 0 Å². The summed E-state index contributed by atoms with van der Waals surface area (Å²) in [5, 5.41) is 0. The lowest BCUT2D eigenvalue weighted by Gasteiger charge is -2.16. The molecule has 1 unspecified atom stereocenters. The Morgan fingerprint density at radius 1 is 1.21 bits per heavy atom. The normalized spacial score (nSPS) is 17.0. The third-order valence-electron chi connectivity index (χ3n) is 2.59. The van der Waals surface area contributed by atoms with Gasteiger partial charge in [-0.05, 0) is 17.5 Å². The van der Waals surface area contributed by atoms with Crippen molar-refractivity contribution in [3.05, 3.63) is 47.4 Å². The highest BCUT2D eigenvalue weighted by Gasteiger charge is 2.23. The largest absolute Gasteiger partial charge is 0.0877 e. The lowest BCUT2D eigenvalue weighted by molar-refractivity contribution is 0.789. The predicted molar refractivity (Wildman–Crippen MR) is 65.4 cm³/mol. The standard InChI is InChI=1S/C13H14Br/c1-2-5-13(14)12-9-8-10-6-3-4-7-11(10)12/h3-4,6-9,13H,2,5H2,1H3. The molecule has 0 saturated heterocycles. The highest BCUT2D eigenvalue weighted by Crippen LogP contribution is 2.36. The van der Waals surface area contributed by atoms with Gasteiger partial charge in [0.25, 0.3) is 0 Å². The maximum absolute atomic E-state index is 3.75. The topological polar surface area (TPSA) is 0 Å². The van der Waals surface area contributed by atoms with Gasteiger partial charge < -0.3 is 0 Å². The maximum atomic E-state index is 3.75. The molecule has 0 heterocycles. The van der Waals surface area contributed by atoms with Crippen LogP contribution in [-0.2, 0) is 0 Å². The first-order valence-electron chi connectivity index (χ1n) is 5.11. The second-order valence-corrected chi connectivity index (χ2v) is 4.74. The number of benzene rings is 1. The van der Waals surface area contributed by atoms with Crippen LogP contribution in [0.1, 0.15) is 30.9 Å². The molecule has 1 aliphatic carbocycles. The molecule has 0 bridgehead atoms. The lowest BCUT2D eigenvalue weighted by atomic mass is 9.95. The van der Waals surface area contributed by atoms with Crippen molar-refractivity contribution in [2.24, 2.45) is 0 Å². The Bertz CT molecular complexity index is 341. The number of hydrogen-bond donors (Lipinski definition) is 0. The lowest BCUT2D eigenvalue weighted by Crippen LogP contribution is -2.09. The van der Waals surface area contributed by atoms with Crippen LogP contribution in [0.3, 0.4) is 0 Å². The van der Waals surface area contributed by atoms with E-state index in [1.54, 1.807) is 0 Å². The van der Waals surface area contributed by atoms with Crippen LogP contribution in [-0.4, -0.2) is 4.83 Å². The van der Waals surface area contributed by atoms with E-state index in [1.165, 1.54) is 29.9 Å². The van der Waals surface area contributed by atoms with Crippen molar-refractivity contribution in [2.45, 2.75) is 24.6 Å². The molecule has 0 aliphatic heterocycles. The van der Waals surface area contributed by atoms with Gasteiger partial charge in [0.15, 0.2) is 0 Å². The first kappa shape index (κ1) is 9.97. The van der Waals surface area contributed by atoms with E-state index in [2.05, 4.69) is 59.3 Å². The van der Waals surface area contributed by atoms with Gasteiger partial charge in [0.2, 0.25) is 0 Å². The molecule has 1 aromatic rings. The van der Waals surface area contributed by atoms with E-state index >= 15 is 0 Å². The summed E-state index contributed by atoms with van der Waals surface area (Å²) in [6.07, 6.45) is 6.86. The molecule has 73 valence electrons. The summed E-state index contributed by atoms with van der Waals surface area (Å²) in [7, 11) is 0. The Balaban J connectivity index is 2.21. The fraction of sp³-hybridized carbons (Fsp3) is 0.308. The monoisotopic (exact) mass is 249 g/mol. The molecule has 0 fully saturated rings. The molecule has 1 heteroatoms. The third kappa shape index (κ3) is 1.78. The number of allylic oxidation sites excluding steroid dienone is 1. The minimum Gasteiger partial charge on any atom is -0.0877 e. The molecular formula is C13H14Br. The van der Waals surface area contributed by atoms with Crippen LogP contribution in [0.2, 0.25) is 0 Å². The number of halogens is 1. The van der Waals surface area contributed by atoms with Crippen LogP contribution >= 0.6 is 15.9 Å². The SMILES string of the molecule is CCCC(Br)[C]1C=Cc2ccccc21. The number of alkyl halides is 1. The summed E-state index contributed by atoms with van der Waals surface area (Å²) in [6.45, 7) is 2.22. The van der Waals surface area contributed by atoms with Crippen molar-refractivity contribution in [1.82, 2.24) is 0 Å². The van der Waals surface area contributed by atoms with Gasteiger partial charge in [-0.25, -0.2) is 0 Å². The molecule has 1 aliphatic rings. The van der Waals surface area contributed by atoms with Gasteiger partial charge in [-0.3, -0.25) is 0 Å². The molecule has 0 aromatic heterocycles. The maximum Gasteiger partial charge on any atom is 0.0409 e. The van der Waals surface area contributed by atoms with Crippen molar-refractivity contribution in [2.75, 3.05) is 0 Å². The zero-order chi connectivity index (χ0) is 9.97. The molecule has 1 radical (unpaired) electrons. The Morgan fingerprint density at radius 2 is 2.00 bits per heavy atom. The van der Waals surface area contributed by atoms with Crippen molar-refractivity contribution in [1.29, 1.82) is 0 Å². The number of rotatable bonds is 3. The highest BCUT2D eigenvalue weighted by molar-refractivity contribution is 9.09. The summed E-state index contributed by atoms with van der Waals surface area (Å²) in [5.41, 5.74) is 2.74. The van der Waals surface area contributed by atoms with Gasteiger partial charge >= 0.3 is 0 Å². The fourth-order valence-electron chi connectivity index (χ4n) is 1.86. The minimum absolute atomic E-state index is 0.507. The Hall–Kier alpha value is -0.560. The van der Waals surface area contributed by atoms with E-state index in [9.17, 15) is 0 Å². The minimum atomic E-state index is 0.507. The van der Waals surface area contributed by atoms with E-state index in [4.69, 9.17) is 0 Å². The molecule has 0 amide bonds. The van der Waals surface area contributed by atoms with Gasteiger partial charge in [0.1, 0.15) is 0 Å². The van der Waals surface area contributed by atoms with E-state index in [-0.39, 0.29) is 0 Å². The van der Waals surface area contributed by atoms with E-state index in [0.29, 0.717) is 4.83 Å². The fourth-order valence-corrected chi connectivity index (χ4v) is 2.71. The zero-order valence-electron chi connectivity index (χ0n) is 8.33. The summed E-state index contributed by atoms with van der Waals surface area (Å²) in [6, 6.07) is 8.58. The number of hydrogen-bond acceptors (Lipinski definition) is 0. The molecule has 1 aromatic carbocycles. The van der Waals surface area contributed by atoms with Crippen molar-refractivity contribution in [3.63, 3.8) is 0 Å². The summed E-state index contributed by atoms with van der Waals surface area (Å²) in [4.78, 5) is 0.507. The van der Waals surface area contributed by atoms with Crippen molar-refractivity contribution < 1.29 is 0 Å². The summed E-state index contributed by atoms with van der Waals surface area (Å²) in [5.74, 6) is 1.43. The van der Waals surface area contributed by atoms with Gasteiger partial charge in [-0.2, -0.15) is 0 Å². The molecule has 2 rings (SSSR count). The molecule has 1 atom stereocenters. The molecule has 14 heavy (non-hydrogen) atoms. The Morgan fingerprint density at radius 3 is 2.79 bits per heavy atom. The van der Waals surface area contributed by atoms with Crippen LogP contribution in [0.15, 0.2) is 30.3 Å². The highest BCUT2D eigenvalue weighted by atomic mass is 79.9. The van der Waals surface area contributed by atoms with Gasteiger partial charge in [0.05, 0.1) is 0 Å². The third-order valence-corrected chi connectivity index (χ3v) is 3.54. The van der Waals surface area contributed by atoms with E-state index in [0.717, 1.165) is 0 Å². The van der Waals surface area contributed by atoms with Crippen LogP contribution in [0.25, 0.3) is 6.08 Å². The first-order valence-corrected chi connectivity index (χ1v) is 6.03. The van der Waals surface area contributed by atoms with Gasteiger partial charge in [-0.15, -0.1) is 0 Å². The Kier molecular flexibility index (Phi) is 3.07. The van der Waals surface area contributed by atoms with E-state index in [1.807, 2.05) is 0 Å². The average molecular weight is 250 g/mol. The van der Waals surface area contributed by atoms with Crippen LogP contribution in [0.4, 0.5) is 0 Å². The molecule has 0 N–H and O–H groups in total. The average Bonchev–Trinajstić information content (AvgIpc) is 2.61. The van der Waals surface area contributed by atoms with Gasteiger partial charge in [0, 0.05) is 10.7 Å². The molecular weight excluding hydrogens is 236 g/mol. The molecule has 0 saturated carbocycles. The van der Waals surface area contributed by atoms with Crippen molar-refractivity contribution in [3.8, 4) is 0 Å². The molecule has 0 nitrogen and oxygen atoms in total. The van der Waals surface area contributed by atoms with Gasteiger partial charge in [-0.1, -0.05) is 65.7 Å². The van der Waals surface area contributed by atoms with E-state index < -0.39 is 0 Å². The second kappa shape index (κ2) is 4.31. The molecule has 0 spiro atoms. The predicted octanol–water partition coefficient (Wildman–Crippen LogP) is 4.20. The Labute approximate surface area is 94.2 Å². The van der Waals surface area contributed by atoms with Crippen LogP contribution < -0.4 is 0 Å². The first-order chi connectivity index (χ1) is 6.83. The zero-order valence-corrected chi connectivity index (χ0v) is 9.92. The smallest absolute Gasteiger partial charge is 0.0409 e. The summed E-state index contributed by atoms with van der Waals surface area (Å²) < 4.78 is 0. The number of fused-ring (bicyclic) bond motifs is 1. The quantitative estimate of drug-likeness (QED) is 0.705. The van der Waals surface area contributed by atoms with Crippen molar-refractivity contribution >= 4 is 22.0 Å². The second-order valence-electron chi connectivity index (χ2n) is 3.63. The summed E-state index contributed by atoms with van der Waals surface area (Å²) >= 11 is 3.75.